The average molecular weight is 496 g/mol. The van der Waals surface area contributed by atoms with E-state index in [9.17, 15) is 9.59 Å². The smallest absolute Gasteiger partial charge is 0.242 e. The van der Waals surface area contributed by atoms with Crippen molar-refractivity contribution in [3.8, 4) is 0 Å². The van der Waals surface area contributed by atoms with Gasteiger partial charge in [-0.2, -0.15) is 0 Å². The number of nitrogens with one attached hydrogen (secondary N) is 1. The van der Waals surface area contributed by atoms with Crippen LogP contribution in [-0.2, 0) is 22.6 Å². The summed E-state index contributed by atoms with van der Waals surface area (Å²) in [6.45, 7) is 2.01. The van der Waals surface area contributed by atoms with E-state index in [1.165, 1.54) is 6.42 Å². The van der Waals surface area contributed by atoms with Gasteiger partial charge >= 0.3 is 0 Å². The first-order valence-corrected chi connectivity index (χ1v) is 12.3. The highest BCUT2D eigenvalue weighted by Gasteiger charge is 2.28. The summed E-state index contributed by atoms with van der Waals surface area (Å²) in [5.41, 5.74) is 1.66. The Morgan fingerprint density at radius 2 is 1.72 bits per heavy atom. The molecule has 172 valence electrons. The number of hydrogen-bond donors (Lipinski definition) is 1. The molecular formula is C25H29Cl3N2O2. The zero-order valence-corrected chi connectivity index (χ0v) is 20.5. The minimum absolute atomic E-state index is 0.123. The van der Waals surface area contributed by atoms with E-state index < -0.39 is 6.04 Å². The zero-order valence-electron chi connectivity index (χ0n) is 18.3. The van der Waals surface area contributed by atoms with Crippen LogP contribution in [0.2, 0.25) is 15.1 Å². The summed E-state index contributed by atoms with van der Waals surface area (Å²) in [5.74, 6) is -0.254. The molecular weight excluding hydrogens is 467 g/mol. The molecule has 2 aromatic carbocycles. The monoisotopic (exact) mass is 494 g/mol. The summed E-state index contributed by atoms with van der Waals surface area (Å²) in [7, 11) is 0. The lowest BCUT2D eigenvalue weighted by atomic mass is 9.95. The predicted molar refractivity (Wildman–Crippen MR) is 131 cm³/mol. The van der Waals surface area contributed by atoms with Crippen LogP contribution in [-0.4, -0.2) is 28.8 Å². The number of nitrogens with zero attached hydrogens (tertiary/aromatic N) is 1. The Labute approximate surface area is 205 Å². The number of benzene rings is 2. The number of hydrogen-bond acceptors (Lipinski definition) is 2. The van der Waals surface area contributed by atoms with Crippen molar-refractivity contribution < 1.29 is 9.59 Å². The molecule has 3 rings (SSSR count). The summed E-state index contributed by atoms with van der Waals surface area (Å²) >= 11 is 18.7. The second-order valence-electron chi connectivity index (χ2n) is 8.37. The van der Waals surface area contributed by atoms with Gasteiger partial charge in [0.1, 0.15) is 6.04 Å². The van der Waals surface area contributed by atoms with E-state index in [0.717, 1.165) is 36.8 Å². The molecule has 2 amide bonds. The van der Waals surface area contributed by atoms with Gasteiger partial charge in [0, 0.05) is 34.1 Å². The fourth-order valence-electron chi connectivity index (χ4n) is 4.07. The fraction of sp³-hybridized carbons (Fsp3) is 0.440. The summed E-state index contributed by atoms with van der Waals surface area (Å²) in [6.07, 6.45) is 6.18. The second kappa shape index (κ2) is 11.9. The number of aryl methyl sites for hydroxylation is 1. The van der Waals surface area contributed by atoms with Gasteiger partial charge in [0.2, 0.25) is 11.8 Å². The molecule has 1 fully saturated rings. The molecule has 1 N–H and O–H groups in total. The van der Waals surface area contributed by atoms with Gasteiger partial charge in [0.25, 0.3) is 0 Å². The van der Waals surface area contributed by atoms with Crippen LogP contribution in [0.4, 0.5) is 0 Å². The van der Waals surface area contributed by atoms with Gasteiger partial charge in [-0.1, -0.05) is 78.3 Å². The van der Waals surface area contributed by atoms with Gasteiger partial charge in [-0.25, -0.2) is 0 Å². The van der Waals surface area contributed by atoms with Crippen molar-refractivity contribution in [1.82, 2.24) is 10.2 Å². The predicted octanol–water partition coefficient (Wildman–Crippen LogP) is 6.45. The zero-order chi connectivity index (χ0) is 23.1. The Kier molecular flexibility index (Phi) is 9.27. The molecule has 0 spiro atoms. The maximum absolute atomic E-state index is 13.3. The van der Waals surface area contributed by atoms with Gasteiger partial charge in [0.05, 0.1) is 0 Å². The Morgan fingerprint density at radius 3 is 2.41 bits per heavy atom. The Hall–Kier alpha value is -1.75. The van der Waals surface area contributed by atoms with Crippen LogP contribution in [0.1, 0.15) is 56.6 Å². The van der Waals surface area contributed by atoms with Crippen molar-refractivity contribution in [1.29, 1.82) is 0 Å². The average Bonchev–Trinajstić information content (AvgIpc) is 2.78. The molecule has 0 aliphatic heterocycles. The van der Waals surface area contributed by atoms with Crippen molar-refractivity contribution >= 4 is 46.6 Å². The van der Waals surface area contributed by atoms with E-state index in [1.807, 2.05) is 24.3 Å². The molecule has 1 atom stereocenters. The molecule has 1 aliphatic rings. The largest absolute Gasteiger partial charge is 0.352 e. The van der Waals surface area contributed by atoms with Crippen molar-refractivity contribution in [3.63, 3.8) is 0 Å². The van der Waals surface area contributed by atoms with Gasteiger partial charge in [0.15, 0.2) is 0 Å². The van der Waals surface area contributed by atoms with Crippen molar-refractivity contribution in [3.05, 3.63) is 68.7 Å². The van der Waals surface area contributed by atoms with Crippen LogP contribution in [0.5, 0.6) is 0 Å². The molecule has 0 aromatic heterocycles. The number of rotatable bonds is 8. The van der Waals surface area contributed by atoms with Gasteiger partial charge in [-0.3, -0.25) is 9.59 Å². The third kappa shape index (κ3) is 6.87. The number of amides is 2. The van der Waals surface area contributed by atoms with E-state index in [2.05, 4.69) is 5.32 Å². The lowest BCUT2D eigenvalue weighted by Crippen LogP contribution is -2.50. The first-order valence-electron chi connectivity index (χ1n) is 11.1. The van der Waals surface area contributed by atoms with Gasteiger partial charge in [-0.05, 0) is 55.5 Å². The molecule has 0 radical (unpaired) electrons. The standard InChI is InChI=1S/C25H29Cl3N2O2/c1-17(25(32)29-21-8-3-2-4-9-21)30(16-19-11-13-20(26)15-23(19)28)24(31)14-12-18-7-5-6-10-22(18)27/h5-7,10-11,13,15,17,21H,2-4,8-9,12,14,16H2,1H3,(H,29,32)/t17-/m1/s1. The third-order valence-electron chi connectivity index (χ3n) is 6.04. The van der Waals surface area contributed by atoms with Crippen molar-refractivity contribution in [2.75, 3.05) is 0 Å². The molecule has 1 aliphatic carbocycles. The number of halogens is 3. The fourth-order valence-corrected chi connectivity index (χ4v) is 4.77. The maximum atomic E-state index is 13.3. The van der Waals surface area contributed by atoms with Crippen molar-refractivity contribution in [2.45, 2.75) is 70.5 Å². The molecule has 32 heavy (non-hydrogen) atoms. The Bertz CT molecular complexity index is 945. The molecule has 0 heterocycles. The van der Waals surface area contributed by atoms with E-state index >= 15 is 0 Å². The molecule has 7 heteroatoms. The molecule has 1 saturated carbocycles. The third-order valence-corrected chi connectivity index (χ3v) is 7.00. The van der Waals surface area contributed by atoms with E-state index in [1.54, 1.807) is 30.0 Å². The molecule has 0 bridgehead atoms. The van der Waals surface area contributed by atoms with Crippen LogP contribution in [0, 0.1) is 0 Å². The van der Waals surface area contributed by atoms with Crippen LogP contribution in [0.25, 0.3) is 0 Å². The van der Waals surface area contributed by atoms with Crippen LogP contribution in [0.15, 0.2) is 42.5 Å². The van der Waals surface area contributed by atoms with Crippen LogP contribution < -0.4 is 5.32 Å². The molecule has 0 unspecified atom stereocenters. The lowest BCUT2D eigenvalue weighted by molar-refractivity contribution is -0.141. The highest BCUT2D eigenvalue weighted by Crippen LogP contribution is 2.25. The van der Waals surface area contributed by atoms with E-state index in [0.29, 0.717) is 21.5 Å². The summed E-state index contributed by atoms with van der Waals surface area (Å²) < 4.78 is 0. The highest BCUT2D eigenvalue weighted by atomic mass is 35.5. The highest BCUT2D eigenvalue weighted by molar-refractivity contribution is 6.35. The minimum atomic E-state index is -0.623. The summed E-state index contributed by atoms with van der Waals surface area (Å²) in [4.78, 5) is 27.9. The topological polar surface area (TPSA) is 49.4 Å². The summed E-state index contributed by atoms with van der Waals surface area (Å²) in [5, 5.41) is 4.77. The minimum Gasteiger partial charge on any atom is -0.352 e. The number of carbonyl (C=O) groups excluding carboxylic acids is 2. The molecule has 0 saturated heterocycles. The summed E-state index contributed by atoms with van der Waals surface area (Å²) in [6, 6.07) is 12.2. The molecule has 2 aromatic rings. The quantitative estimate of drug-likeness (QED) is 0.458. The van der Waals surface area contributed by atoms with Gasteiger partial charge < -0.3 is 10.2 Å². The van der Waals surface area contributed by atoms with Crippen LogP contribution in [0.3, 0.4) is 0 Å². The normalized spacial score (nSPS) is 15.2. The SMILES string of the molecule is C[C@H](C(=O)NC1CCCCC1)N(Cc1ccc(Cl)cc1Cl)C(=O)CCc1ccccc1Cl. The van der Waals surface area contributed by atoms with E-state index in [-0.39, 0.29) is 30.8 Å². The number of carbonyl (C=O) groups is 2. The Morgan fingerprint density at radius 1 is 1.00 bits per heavy atom. The van der Waals surface area contributed by atoms with Gasteiger partial charge in [-0.15, -0.1) is 0 Å². The first kappa shape index (κ1) is 24.9. The lowest BCUT2D eigenvalue weighted by Gasteiger charge is -2.31. The van der Waals surface area contributed by atoms with Crippen molar-refractivity contribution in [2.24, 2.45) is 0 Å². The first-order chi connectivity index (χ1) is 15.3. The van der Waals surface area contributed by atoms with Crippen LogP contribution >= 0.6 is 34.8 Å². The maximum Gasteiger partial charge on any atom is 0.242 e. The second-order valence-corrected chi connectivity index (χ2v) is 9.62. The molecule has 4 nitrogen and oxygen atoms in total. The Balaban J connectivity index is 1.75. The van der Waals surface area contributed by atoms with E-state index in [4.69, 9.17) is 34.8 Å².